The van der Waals surface area contributed by atoms with Gasteiger partial charge in [-0.2, -0.15) is 0 Å². The van der Waals surface area contributed by atoms with Crippen molar-refractivity contribution < 1.29 is 47.6 Å². The van der Waals surface area contributed by atoms with Crippen molar-refractivity contribution >= 4 is 8.78 Å². The summed E-state index contributed by atoms with van der Waals surface area (Å²) < 4.78 is 2.02. The van der Waals surface area contributed by atoms with Gasteiger partial charge in [0.05, 0.1) is 0 Å². The topological polar surface area (TPSA) is 0 Å². The van der Waals surface area contributed by atoms with Crippen LogP contribution in [0.25, 0.3) is 16.7 Å². The molecule has 0 saturated heterocycles. The number of hydrogen-bond donors (Lipinski definition) is 0. The van der Waals surface area contributed by atoms with Crippen molar-refractivity contribution in [2.75, 3.05) is 0 Å². The van der Waals surface area contributed by atoms with Crippen LogP contribution in [-0.2, 0) is 33.6 Å². The molecule has 0 saturated carbocycles. The van der Waals surface area contributed by atoms with Crippen LogP contribution in [0.3, 0.4) is 0 Å². The number of benzene rings is 4. The number of rotatable bonds is 4. The Labute approximate surface area is 295 Å². The van der Waals surface area contributed by atoms with Crippen molar-refractivity contribution in [3.63, 3.8) is 0 Å². The van der Waals surface area contributed by atoms with E-state index >= 15 is 0 Å². The van der Waals surface area contributed by atoms with Gasteiger partial charge in [0, 0.05) is 0 Å². The second-order valence-corrected chi connectivity index (χ2v) is 18.0. The van der Waals surface area contributed by atoms with Crippen molar-refractivity contribution in [3.05, 3.63) is 147 Å². The van der Waals surface area contributed by atoms with Crippen molar-refractivity contribution in [3.8, 4) is 11.1 Å². The van der Waals surface area contributed by atoms with Crippen molar-refractivity contribution in [1.29, 1.82) is 0 Å². The Hall–Kier alpha value is -2.31. The normalized spacial score (nSPS) is 15.6. The molecule has 0 aromatic heterocycles. The fraction of sp³-hybridized carbons (Fsp3) is 0.310. The van der Waals surface area contributed by atoms with Crippen LogP contribution in [0, 0.1) is 0 Å². The van der Waals surface area contributed by atoms with E-state index in [4.69, 9.17) is 0 Å². The minimum Gasteiger partial charge on any atom is -1.00 e. The monoisotopic (exact) mass is 709 g/mol. The van der Waals surface area contributed by atoms with Gasteiger partial charge in [-0.05, 0) is 0 Å². The largest absolute Gasteiger partial charge is 1.00 e. The first kappa shape index (κ1) is 35.5. The summed E-state index contributed by atoms with van der Waals surface area (Å²) in [6.07, 6.45) is 1.06. The summed E-state index contributed by atoms with van der Waals surface area (Å²) in [6, 6.07) is 34.8. The van der Waals surface area contributed by atoms with E-state index in [0.717, 1.165) is 6.42 Å². The van der Waals surface area contributed by atoms with Gasteiger partial charge >= 0.3 is 273 Å². The van der Waals surface area contributed by atoms with Gasteiger partial charge in [0.2, 0.25) is 0 Å². The Balaban J connectivity index is 0.00000230. The number of fused-ring (bicyclic) bond motifs is 3. The van der Waals surface area contributed by atoms with Gasteiger partial charge in [-0.15, -0.1) is 0 Å². The second kappa shape index (κ2) is 13.4. The average molecular weight is 712 g/mol. The predicted molar refractivity (Wildman–Crippen MR) is 183 cm³/mol. The molecule has 0 N–H and O–H groups in total. The van der Waals surface area contributed by atoms with Gasteiger partial charge in [0.1, 0.15) is 0 Å². The fourth-order valence-electron chi connectivity index (χ4n) is 6.96. The van der Waals surface area contributed by atoms with E-state index in [2.05, 4.69) is 153 Å². The smallest absolute Gasteiger partial charge is 1.00 e. The van der Waals surface area contributed by atoms with Crippen molar-refractivity contribution in [2.45, 2.75) is 83.2 Å². The molecule has 0 spiro atoms. The quantitative estimate of drug-likeness (QED) is 0.273. The van der Waals surface area contributed by atoms with Crippen LogP contribution in [0.15, 0.2) is 108 Å². The zero-order chi connectivity index (χ0) is 30.7. The third-order valence-corrected chi connectivity index (χ3v) is 14.0. The van der Waals surface area contributed by atoms with Crippen LogP contribution in [0.5, 0.6) is 0 Å². The molecule has 1 atom stereocenters. The molecule has 4 aromatic rings. The van der Waals surface area contributed by atoms with Crippen molar-refractivity contribution in [2.24, 2.45) is 0 Å². The maximum absolute atomic E-state index is 2.58. The van der Waals surface area contributed by atoms with Gasteiger partial charge in [-0.1, -0.05) is 0 Å². The molecule has 3 heteroatoms. The van der Waals surface area contributed by atoms with Crippen molar-refractivity contribution in [1.82, 2.24) is 0 Å². The molecule has 0 fully saturated rings. The summed E-state index contributed by atoms with van der Waals surface area (Å²) in [5.41, 5.74) is 19.6. The van der Waals surface area contributed by atoms with E-state index in [0.29, 0.717) is 3.63 Å². The molecule has 0 radical (unpaired) electrons. The molecular formula is C42H45Cl2Zr. The summed E-state index contributed by atoms with van der Waals surface area (Å²) in [5.74, 6) is 0. The minimum atomic E-state index is -1.25. The molecule has 0 aliphatic heterocycles. The molecule has 1 unspecified atom stereocenters. The molecule has 2 aliphatic rings. The Morgan fingerprint density at radius 1 is 0.644 bits per heavy atom. The fourth-order valence-corrected chi connectivity index (χ4v) is 11.4. The van der Waals surface area contributed by atoms with Gasteiger partial charge in [-0.3, -0.25) is 0 Å². The zero-order valence-electron chi connectivity index (χ0n) is 28.2. The number of halogens is 2. The molecule has 0 heterocycles. The van der Waals surface area contributed by atoms with E-state index in [1.807, 2.05) is 0 Å². The van der Waals surface area contributed by atoms with Crippen LogP contribution in [0.1, 0.15) is 111 Å². The molecule has 2 aliphatic carbocycles. The predicted octanol–water partition coefficient (Wildman–Crippen LogP) is 5.22. The molecule has 0 amide bonds. The number of hydrogen-bond acceptors (Lipinski definition) is 0. The average Bonchev–Trinajstić information content (AvgIpc) is 3.43. The summed E-state index contributed by atoms with van der Waals surface area (Å²) in [7, 11) is 0. The Kier molecular flexibility index (Phi) is 10.6. The van der Waals surface area contributed by atoms with E-state index in [1.54, 1.807) is 25.5 Å². The third-order valence-electron chi connectivity index (χ3n) is 9.67. The van der Waals surface area contributed by atoms with E-state index in [-0.39, 0.29) is 35.6 Å². The summed E-state index contributed by atoms with van der Waals surface area (Å²) >= 11 is -1.25. The van der Waals surface area contributed by atoms with Gasteiger partial charge < -0.3 is 24.8 Å². The third kappa shape index (κ3) is 6.61. The van der Waals surface area contributed by atoms with Gasteiger partial charge in [0.15, 0.2) is 0 Å². The summed E-state index contributed by atoms with van der Waals surface area (Å²) in [6.45, 7) is 21.3. The summed E-state index contributed by atoms with van der Waals surface area (Å²) in [5, 5.41) is 0. The summed E-state index contributed by atoms with van der Waals surface area (Å²) in [4.78, 5) is 0. The minimum absolute atomic E-state index is 0. The van der Waals surface area contributed by atoms with E-state index < -0.39 is 22.8 Å². The first-order valence-corrected chi connectivity index (χ1v) is 18.4. The standard InChI is InChI=1S/C29H35.C13H10.2ClH.Zr/c1-17-14-24(19(3)18(17)2)27-25-16-20-15-21(28(4,5)6)10-11-22(20)23(25)12-13-26(27)29(7,8)9;1-3-7-12(8-4-1)11-13-9-5-2-6-10-13;;;/h10-13,15-16H,14H2,1-9H3;1-10H;2*1H;/q;;;;+2/p-2. The molecule has 6 rings (SSSR count). The SMILES string of the molecule is CC1=C(C)C(C)=C(c2c(C(C)(C)C)ccc3c2[CH]([Zr+2]=[C](c2ccccc2)c2ccccc2)c2cc(C(C)(C)C)ccc2-3)C1.[Cl-].[Cl-]. The molecule has 0 nitrogen and oxygen atoms in total. The van der Waals surface area contributed by atoms with Crippen LogP contribution >= 0.6 is 0 Å². The van der Waals surface area contributed by atoms with E-state index in [9.17, 15) is 0 Å². The Morgan fingerprint density at radius 3 is 1.69 bits per heavy atom. The van der Waals surface area contributed by atoms with Gasteiger partial charge in [0.25, 0.3) is 0 Å². The second-order valence-electron chi connectivity index (χ2n) is 14.6. The first-order valence-electron chi connectivity index (χ1n) is 15.8. The van der Waals surface area contributed by atoms with Crippen LogP contribution in [0.4, 0.5) is 0 Å². The maximum atomic E-state index is 2.58. The molecule has 231 valence electrons. The van der Waals surface area contributed by atoms with Crippen LogP contribution in [-0.4, -0.2) is 3.21 Å². The molecular weight excluding hydrogens is 667 g/mol. The number of allylic oxidation sites excluding steroid dienone is 4. The molecule has 45 heavy (non-hydrogen) atoms. The van der Waals surface area contributed by atoms with E-state index in [1.165, 1.54) is 50.1 Å². The molecule has 0 bridgehead atoms. The zero-order valence-corrected chi connectivity index (χ0v) is 32.2. The maximum Gasteiger partial charge on any atom is -1.00 e. The first-order chi connectivity index (χ1) is 20.4. The van der Waals surface area contributed by atoms with Crippen LogP contribution in [0.2, 0.25) is 0 Å². The van der Waals surface area contributed by atoms with Crippen LogP contribution < -0.4 is 24.8 Å². The van der Waals surface area contributed by atoms with Gasteiger partial charge in [-0.25, -0.2) is 0 Å². The molecule has 4 aromatic carbocycles. The Bertz CT molecular complexity index is 1770. The Morgan fingerprint density at radius 2 is 1.20 bits per heavy atom.